The molecule has 3 nitrogen and oxygen atoms in total. The fraction of sp³-hybridized carbons (Fsp3) is 0.538. The highest BCUT2D eigenvalue weighted by atomic mass is 16.5. The van der Waals surface area contributed by atoms with E-state index in [1.165, 1.54) is 5.56 Å². The Morgan fingerprint density at radius 1 is 1.00 bits per heavy atom. The number of ether oxygens (including phenoxy) is 3. The fourth-order valence-corrected chi connectivity index (χ4v) is 1.47. The smallest absolute Gasteiger partial charge is 0.160 e. The third-order valence-corrected chi connectivity index (χ3v) is 2.33. The molecule has 0 spiro atoms. The molecule has 1 rings (SSSR count). The summed E-state index contributed by atoms with van der Waals surface area (Å²) in [6.45, 7) is 3.69. The zero-order valence-corrected chi connectivity index (χ0v) is 10.3. The highest BCUT2D eigenvalue weighted by Gasteiger charge is 2.04. The summed E-state index contributed by atoms with van der Waals surface area (Å²) in [6, 6.07) is 5.96. The second-order valence-electron chi connectivity index (χ2n) is 3.55. The first kappa shape index (κ1) is 12.8. The number of hydrogen-bond acceptors (Lipinski definition) is 3. The van der Waals surface area contributed by atoms with E-state index < -0.39 is 0 Å². The lowest BCUT2D eigenvalue weighted by Crippen LogP contribution is -2.00. The first-order valence-electron chi connectivity index (χ1n) is 5.60. The Balaban J connectivity index is 2.54. The zero-order valence-electron chi connectivity index (χ0n) is 10.3. The van der Waals surface area contributed by atoms with Crippen molar-refractivity contribution in [3.05, 3.63) is 23.8 Å². The molecule has 0 N–H and O–H groups in total. The highest BCUT2D eigenvalue weighted by molar-refractivity contribution is 5.42. The summed E-state index contributed by atoms with van der Waals surface area (Å²) in [6.07, 6.45) is 1.96. The Morgan fingerprint density at radius 3 is 2.38 bits per heavy atom. The molecule has 1 aromatic carbocycles. The van der Waals surface area contributed by atoms with Gasteiger partial charge in [-0.25, -0.2) is 0 Å². The Labute approximate surface area is 97.3 Å². The maximum absolute atomic E-state index is 5.44. The average molecular weight is 224 g/mol. The number of rotatable bonds is 7. The fourth-order valence-electron chi connectivity index (χ4n) is 1.47. The summed E-state index contributed by atoms with van der Waals surface area (Å²) in [7, 11) is 3.29. The summed E-state index contributed by atoms with van der Waals surface area (Å²) < 4.78 is 15.9. The van der Waals surface area contributed by atoms with Crippen LogP contribution in [0.4, 0.5) is 0 Å². The molecule has 0 aliphatic carbocycles. The van der Waals surface area contributed by atoms with Crippen molar-refractivity contribution in [2.45, 2.75) is 19.8 Å². The zero-order chi connectivity index (χ0) is 11.8. The standard InChI is InChI=1S/C13H20O3/c1-4-8-16-9-7-11-5-6-12(14-2)13(10-11)15-3/h5-6,10H,4,7-9H2,1-3H3. The van der Waals surface area contributed by atoms with Crippen molar-refractivity contribution >= 4 is 0 Å². The molecule has 0 amide bonds. The molecular weight excluding hydrogens is 204 g/mol. The van der Waals surface area contributed by atoms with Crippen molar-refractivity contribution in [2.24, 2.45) is 0 Å². The van der Waals surface area contributed by atoms with Gasteiger partial charge in [0.25, 0.3) is 0 Å². The second-order valence-corrected chi connectivity index (χ2v) is 3.55. The van der Waals surface area contributed by atoms with Crippen LogP contribution in [0.2, 0.25) is 0 Å². The van der Waals surface area contributed by atoms with Crippen LogP contribution in [0.5, 0.6) is 11.5 Å². The predicted molar refractivity (Wildman–Crippen MR) is 64.4 cm³/mol. The quantitative estimate of drug-likeness (QED) is 0.666. The van der Waals surface area contributed by atoms with Crippen molar-refractivity contribution < 1.29 is 14.2 Å². The second kappa shape index (κ2) is 7.12. The molecule has 0 saturated heterocycles. The van der Waals surface area contributed by atoms with Gasteiger partial charge in [0, 0.05) is 6.61 Å². The Hall–Kier alpha value is -1.22. The molecule has 0 aliphatic rings. The van der Waals surface area contributed by atoms with Crippen LogP contribution in [0.1, 0.15) is 18.9 Å². The van der Waals surface area contributed by atoms with E-state index in [1.807, 2.05) is 18.2 Å². The molecule has 0 bridgehead atoms. The van der Waals surface area contributed by atoms with Crippen molar-refractivity contribution in [2.75, 3.05) is 27.4 Å². The van der Waals surface area contributed by atoms with Crippen LogP contribution in [0, 0.1) is 0 Å². The molecule has 16 heavy (non-hydrogen) atoms. The van der Waals surface area contributed by atoms with E-state index in [0.29, 0.717) is 0 Å². The van der Waals surface area contributed by atoms with Gasteiger partial charge in [-0.15, -0.1) is 0 Å². The lowest BCUT2D eigenvalue weighted by molar-refractivity contribution is 0.138. The van der Waals surface area contributed by atoms with Crippen molar-refractivity contribution in [3.63, 3.8) is 0 Å². The van der Waals surface area contributed by atoms with Crippen LogP contribution >= 0.6 is 0 Å². The van der Waals surface area contributed by atoms with E-state index in [4.69, 9.17) is 14.2 Å². The number of benzene rings is 1. The van der Waals surface area contributed by atoms with E-state index in [0.717, 1.165) is 37.6 Å². The summed E-state index contributed by atoms with van der Waals surface area (Å²) in [5, 5.41) is 0. The summed E-state index contributed by atoms with van der Waals surface area (Å²) in [5.74, 6) is 1.54. The minimum atomic E-state index is 0.753. The Kier molecular flexibility index (Phi) is 5.72. The van der Waals surface area contributed by atoms with Gasteiger partial charge < -0.3 is 14.2 Å². The molecule has 0 atom stereocenters. The Bertz CT molecular complexity index is 310. The first-order valence-corrected chi connectivity index (χ1v) is 5.60. The molecule has 90 valence electrons. The minimum Gasteiger partial charge on any atom is -0.493 e. The number of hydrogen-bond donors (Lipinski definition) is 0. The molecular formula is C13H20O3. The lowest BCUT2D eigenvalue weighted by Gasteiger charge is -2.09. The van der Waals surface area contributed by atoms with Crippen LogP contribution in [-0.4, -0.2) is 27.4 Å². The third kappa shape index (κ3) is 3.74. The summed E-state index contributed by atoms with van der Waals surface area (Å²) >= 11 is 0. The SMILES string of the molecule is CCCOCCc1ccc(OC)c(OC)c1. The van der Waals surface area contributed by atoms with Crippen molar-refractivity contribution in [1.82, 2.24) is 0 Å². The average Bonchev–Trinajstić information content (AvgIpc) is 2.34. The molecule has 3 heteroatoms. The van der Waals surface area contributed by atoms with E-state index in [-0.39, 0.29) is 0 Å². The molecule has 0 heterocycles. The molecule has 0 aliphatic heterocycles. The van der Waals surface area contributed by atoms with Gasteiger partial charge >= 0.3 is 0 Å². The van der Waals surface area contributed by atoms with E-state index >= 15 is 0 Å². The molecule has 0 radical (unpaired) electrons. The normalized spacial score (nSPS) is 10.2. The van der Waals surface area contributed by atoms with Crippen LogP contribution in [0.25, 0.3) is 0 Å². The molecule has 0 aromatic heterocycles. The van der Waals surface area contributed by atoms with Crippen LogP contribution in [-0.2, 0) is 11.2 Å². The van der Waals surface area contributed by atoms with Crippen LogP contribution in [0.15, 0.2) is 18.2 Å². The largest absolute Gasteiger partial charge is 0.493 e. The van der Waals surface area contributed by atoms with Gasteiger partial charge in [-0.05, 0) is 30.5 Å². The monoisotopic (exact) mass is 224 g/mol. The van der Waals surface area contributed by atoms with Gasteiger partial charge in [-0.3, -0.25) is 0 Å². The highest BCUT2D eigenvalue weighted by Crippen LogP contribution is 2.27. The summed E-state index contributed by atoms with van der Waals surface area (Å²) in [5.41, 5.74) is 1.20. The molecule has 1 aromatic rings. The topological polar surface area (TPSA) is 27.7 Å². The third-order valence-electron chi connectivity index (χ3n) is 2.33. The molecule has 0 saturated carbocycles. The van der Waals surface area contributed by atoms with E-state index in [9.17, 15) is 0 Å². The van der Waals surface area contributed by atoms with Gasteiger partial charge in [0.2, 0.25) is 0 Å². The predicted octanol–water partition coefficient (Wildman–Crippen LogP) is 2.67. The van der Waals surface area contributed by atoms with Crippen LogP contribution < -0.4 is 9.47 Å². The Morgan fingerprint density at radius 2 is 1.75 bits per heavy atom. The van der Waals surface area contributed by atoms with E-state index in [1.54, 1.807) is 14.2 Å². The first-order chi connectivity index (χ1) is 7.81. The molecule has 0 unspecified atom stereocenters. The maximum Gasteiger partial charge on any atom is 0.160 e. The van der Waals surface area contributed by atoms with Crippen molar-refractivity contribution in [1.29, 1.82) is 0 Å². The van der Waals surface area contributed by atoms with Crippen LogP contribution in [0.3, 0.4) is 0 Å². The van der Waals surface area contributed by atoms with Gasteiger partial charge in [-0.2, -0.15) is 0 Å². The van der Waals surface area contributed by atoms with E-state index in [2.05, 4.69) is 6.92 Å². The molecule has 0 fully saturated rings. The lowest BCUT2D eigenvalue weighted by atomic mass is 10.1. The van der Waals surface area contributed by atoms with Gasteiger partial charge in [0.15, 0.2) is 11.5 Å². The van der Waals surface area contributed by atoms with Gasteiger partial charge in [-0.1, -0.05) is 13.0 Å². The maximum atomic E-state index is 5.44. The number of methoxy groups -OCH3 is 2. The minimum absolute atomic E-state index is 0.753. The van der Waals surface area contributed by atoms with Crippen molar-refractivity contribution in [3.8, 4) is 11.5 Å². The van der Waals surface area contributed by atoms with Gasteiger partial charge in [0.05, 0.1) is 20.8 Å². The van der Waals surface area contributed by atoms with Gasteiger partial charge in [0.1, 0.15) is 0 Å². The summed E-state index contributed by atoms with van der Waals surface area (Å²) in [4.78, 5) is 0.